The second-order valence-electron chi connectivity index (χ2n) is 8.61. The molecule has 182 valence electrons. The van der Waals surface area contributed by atoms with Crippen molar-refractivity contribution < 1.29 is 37.0 Å². The van der Waals surface area contributed by atoms with Gasteiger partial charge in [-0.15, -0.1) is 13.2 Å². The summed E-state index contributed by atoms with van der Waals surface area (Å²) in [5.41, 5.74) is 0.519. The Bertz CT molecular complexity index is 1210. The Morgan fingerprint density at radius 2 is 1.69 bits per heavy atom. The molecule has 1 spiro atoms. The minimum absolute atomic E-state index is 0.213. The number of alkyl halides is 3. The monoisotopic (exact) mass is 487 g/mol. The van der Waals surface area contributed by atoms with E-state index in [1.165, 1.54) is 19.1 Å². The van der Waals surface area contributed by atoms with E-state index in [9.17, 15) is 27.6 Å². The van der Waals surface area contributed by atoms with Crippen molar-refractivity contribution in [3.8, 4) is 5.75 Å². The van der Waals surface area contributed by atoms with Crippen molar-refractivity contribution in [3.05, 3.63) is 60.7 Å². The van der Waals surface area contributed by atoms with Gasteiger partial charge >= 0.3 is 6.36 Å². The number of hydrogen-bond acceptors (Lipinski definition) is 5. The molecular weight excluding hydrogens is 467 g/mol. The predicted octanol–water partition coefficient (Wildman–Crippen LogP) is 3.47. The quantitative estimate of drug-likeness (QED) is 0.630. The predicted molar refractivity (Wildman–Crippen MR) is 119 cm³/mol. The van der Waals surface area contributed by atoms with Crippen LogP contribution in [0.2, 0.25) is 0 Å². The summed E-state index contributed by atoms with van der Waals surface area (Å²) in [5, 5.41) is 5.33. The number of carbonyl (C=O) groups is 3. The third-order valence-electron chi connectivity index (χ3n) is 6.26. The summed E-state index contributed by atoms with van der Waals surface area (Å²) in [6.07, 6.45) is -1.82. The van der Waals surface area contributed by atoms with E-state index in [1.54, 1.807) is 35.2 Å². The normalized spacial score (nSPS) is 26.6. The summed E-state index contributed by atoms with van der Waals surface area (Å²) < 4.78 is 47.0. The minimum Gasteiger partial charge on any atom is -0.406 e. The van der Waals surface area contributed by atoms with E-state index in [0.29, 0.717) is 11.4 Å². The Morgan fingerprint density at radius 1 is 1.06 bits per heavy atom. The number of anilines is 3. The Hall–Kier alpha value is -3.86. The average Bonchev–Trinajstić information content (AvgIpc) is 3.42. The molecule has 3 aliphatic rings. The van der Waals surface area contributed by atoms with Gasteiger partial charge in [0.2, 0.25) is 17.7 Å². The summed E-state index contributed by atoms with van der Waals surface area (Å²) in [5.74, 6) is -2.91. The van der Waals surface area contributed by atoms with Gasteiger partial charge in [-0.25, -0.2) is 0 Å². The number of amides is 3. The number of hydrogen-bond donors (Lipinski definition) is 2. The lowest BCUT2D eigenvalue weighted by atomic mass is 9.77. The zero-order valence-corrected chi connectivity index (χ0v) is 18.3. The molecule has 2 N–H and O–H groups in total. The largest absolute Gasteiger partial charge is 0.573 e. The molecule has 0 unspecified atom stereocenters. The van der Waals surface area contributed by atoms with Crippen LogP contribution in [0.15, 0.2) is 60.7 Å². The maximum Gasteiger partial charge on any atom is 0.573 e. The van der Waals surface area contributed by atoms with E-state index < -0.39 is 41.6 Å². The first kappa shape index (κ1) is 22.9. The molecule has 2 saturated heterocycles. The number of rotatable bonds is 5. The number of carbonyl (C=O) groups excluding carboxylic acids is 3. The van der Waals surface area contributed by atoms with Crippen LogP contribution in [0, 0.1) is 11.8 Å². The second-order valence-corrected chi connectivity index (χ2v) is 8.61. The lowest BCUT2D eigenvalue weighted by Crippen LogP contribution is -2.41. The van der Waals surface area contributed by atoms with Gasteiger partial charge in [0.1, 0.15) is 11.4 Å². The number of nitrogens with one attached hydrogen (secondary N) is 2. The van der Waals surface area contributed by atoms with Crippen molar-refractivity contribution in [2.75, 3.05) is 22.1 Å². The van der Waals surface area contributed by atoms with Crippen molar-refractivity contribution in [1.29, 1.82) is 0 Å². The maximum absolute atomic E-state index is 13.4. The van der Waals surface area contributed by atoms with E-state index in [4.69, 9.17) is 4.74 Å². The maximum atomic E-state index is 13.4. The molecule has 2 aromatic rings. The van der Waals surface area contributed by atoms with E-state index >= 15 is 0 Å². The number of ether oxygens (including phenoxy) is 2. The van der Waals surface area contributed by atoms with Crippen LogP contribution in [0.25, 0.3) is 0 Å². The third kappa shape index (κ3) is 4.23. The van der Waals surface area contributed by atoms with Crippen LogP contribution in [-0.2, 0) is 19.1 Å². The number of fused-ring (bicyclic) bond motifs is 1. The first-order valence-corrected chi connectivity index (χ1v) is 10.8. The van der Waals surface area contributed by atoms with Crippen molar-refractivity contribution in [2.24, 2.45) is 11.8 Å². The highest BCUT2D eigenvalue weighted by molar-refractivity contribution is 6.05. The SMILES string of the molecule is CC(=O)Nc1ccc(N2C[C@@]34C=C[C@@H](O3)[C@@H](C(=O)Nc3ccc(OC(F)(F)F)cc3)[C@H]4C2=O)cc1. The fourth-order valence-corrected chi connectivity index (χ4v) is 4.91. The smallest absolute Gasteiger partial charge is 0.406 e. The van der Waals surface area contributed by atoms with Gasteiger partial charge in [0, 0.05) is 24.0 Å². The Balaban J connectivity index is 1.32. The molecule has 4 atom stereocenters. The van der Waals surface area contributed by atoms with Crippen LogP contribution in [0.5, 0.6) is 5.75 Å². The minimum atomic E-state index is -4.81. The molecule has 11 heteroatoms. The highest BCUT2D eigenvalue weighted by Crippen LogP contribution is 2.52. The summed E-state index contributed by atoms with van der Waals surface area (Å²) in [4.78, 5) is 39.4. The van der Waals surface area contributed by atoms with Crippen LogP contribution >= 0.6 is 0 Å². The Morgan fingerprint density at radius 3 is 2.31 bits per heavy atom. The molecule has 0 saturated carbocycles. The second kappa shape index (κ2) is 8.12. The fraction of sp³-hybridized carbons (Fsp3) is 0.292. The Labute approximate surface area is 197 Å². The van der Waals surface area contributed by atoms with Crippen LogP contribution in [0.4, 0.5) is 30.2 Å². The van der Waals surface area contributed by atoms with Crippen molar-refractivity contribution >= 4 is 34.8 Å². The lowest BCUT2D eigenvalue weighted by Gasteiger charge is -2.23. The molecule has 2 aromatic carbocycles. The molecule has 8 nitrogen and oxygen atoms in total. The van der Waals surface area contributed by atoms with E-state index in [0.717, 1.165) is 12.1 Å². The molecule has 5 rings (SSSR count). The molecule has 2 fully saturated rings. The lowest BCUT2D eigenvalue weighted by molar-refractivity contribution is -0.274. The van der Waals surface area contributed by atoms with E-state index in [1.807, 2.05) is 6.08 Å². The van der Waals surface area contributed by atoms with Gasteiger partial charge in [0.05, 0.1) is 24.5 Å². The molecule has 3 heterocycles. The molecule has 3 amide bonds. The van der Waals surface area contributed by atoms with Crippen LogP contribution in [0.3, 0.4) is 0 Å². The zero-order chi connectivity index (χ0) is 25.0. The van der Waals surface area contributed by atoms with Gasteiger partial charge in [-0.1, -0.05) is 12.2 Å². The highest BCUT2D eigenvalue weighted by Gasteiger charge is 2.67. The first-order chi connectivity index (χ1) is 16.5. The van der Waals surface area contributed by atoms with Gasteiger partial charge in [0.25, 0.3) is 0 Å². The molecule has 3 aliphatic heterocycles. The topological polar surface area (TPSA) is 97.0 Å². The zero-order valence-electron chi connectivity index (χ0n) is 18.3. The number of nitrogens with zero attached hydrogens (tertiary/aromatic N) is 1. The van der Waals surface area contributed by atoms with E-state index in [-0.39, 0.29) is 24.0 Å². The molecule has 0 aromatic heterocycles. The van der Waals surface area contributed by atoms with Crippen LogP contribution in [-0.4, -0.2) is 42.3 Å². The third-order valence-corrected chi connectivity index (χ3v) is 6.26. The van der Waals surface area contributed by atoms with Gasteiger partial charge in [0.15, 0.2) is 0 Å². The van der Waals surface area contributed by atoms with Gasteiger partial charge in [-0.2, -0.15) is 0 Å². The molecule has 2 bridgehead atoms. The highest BCUT2D eigenvalue weighted by atomic mass is 19.4. The first-order valence-electron chi connectivity index (χ1n) is 10.8. The van der Waals surface area contributed by atoms with Crippen molar-refractivity contribution in [1.82, 2.24) is 0 Å². The van der Waals surface area contributed by atoms with Gasteiger partial charge in [-0.05, 0) is 48.5 Å². The van der Waals surface area contributed by atoms with Crippen LogP contribution < -0.4 is 20.3 Å². The Kier molecular flexibility index (Phi) is 5.32. The number of halogens is 3. The fourth-order valence-electron chi connectivity index (χ4n) is 4.91. The molecule has 0 aliphatic carbocycles. The van der Waals surface area contributed by atoms with Gasteiger partial charge in [-0.3, -0.25) is 14.4 Å². The summed E-state index contributed by atoms with van der Waals surface area (Å²) in [6.45, 7) is 1.63. The summed E-state index contributed by atoms with van der Waals surface area (Å²) in [6, 6.07) is 11.5. The summed E-state index contributed by atoms with van der Waals surface area (Å²) >= 11 is 0. The molecule has 35 heavy (non-hydrogen) atoms. The van der Waals surface area contributed by atoms with E-state index in [2.05, 4.69) is 15.4 Å². The van der Waals surface area contributed by atoms with Crippen LogP contribution in [0.1, 0.15) is 6.92 Å². The standard InChI is InChI=1S/C24H20F3N3O5/c1-13(31)28-14-2-6-16(7-3-14)30-12-23-11-10-18(35-23)19(20(23)22(30)33)21(32)29-15-4-8-17(9-5-15)34-24(25,26)27/h2-11,18-20H,12H2,1H3,(H,28,31)(H,29,32)/t18-,19-,20+,23-/m1/s1. The van der Waals surface area contributed by atoms with Crippen molar-refractivity contribution in [2.45, 2.75) is 25.0 Å². The average molecular weight is 487 g/mol. The number of benzene rings is 2. The van der Waals surface area contributed by atoms with Crippen molar-refractivity contribution in [3.63, 3.8) is 0 Å². The summed E-state index contributed by atoms with van der Waals surface area (Å²) in [7, 11) is 0. The molecular formula is C24H20F3N3O5. The molecule has 0 radical (unpaired) electrons. The van der Waals surface area contributed by atoms with Gasteiger partial charge < -0.3 is 25.0 Å².